The highest BCUT2D eigenvalue weighted by Crippen LogP contribution is 2.25. The number of unbranched alkanes of at least 4 members (excludes halogenated alkanes) is 1. The molecule has 140 valence electrons. The highest BCUT2D eigenvalue weighted by atomic mass is 16.3. The largest absolute Gasteiger partial charge is 0.502 e. The molecule has 0 radical (unpaired) electrons. The summed E-state index contributed by atoms with van der Waals surface area (Å²) in [6.45, 7) is 6.27. The maximum absolute atomic E-state index is 12.9. The number of rotatable bonds is 5. The summed E-state index contributed by atoms with van der Waals surface area (Å²) in [6.07, 6.45) is 1.73. The van der Waals surface area contributed by atoms with Gasteiger partial charge < -0.3 is 15.0 Å². The Labute approximate surface area is 157 Å². The molecule has 6 nitrogen and oxygen atoms in total. The molecule has 1 aromatic carbocycles. The molecule has 3 aromatic rings. The van der Waals surface area contributed by atoms with Crippen molar-refractivity contribution in [2.75, 3.05) is 5.32 Å². The van der Waals surface area contributed by atoms with Gasteiger partial charge in [-0.1, -0.05) is 31.5 Å². The van der Waals surface area contributed by atoms with E-state index < -0.39 is 17.2 Å². The fourth-order valence-corrected chi connectivity index (χ4v) is 3.24. The summed E-state index contributed by atoms with van der Waals surface area (Å²) >= 11 is 0. The van der Waals surface area contributed by atoms with Crippen LogP contribution < -0.4 is 10.9 Å². The topological polar surface area (TPSA) is 84.2 Å². The highest BCUT2D eigenvalue weighted by molar-refractivity contribution is 6.14. The number of hydrogen-bond acceptors (Lipinski definition) is 4. The van der Waals surface area contributed by atoms with Gasteiger partial charge in [-0.25, -0.2) is 4.98 Å². The van der Waals surface area contributed by atoms with Crippen LogP contribution in [0.4, 0.5) is 5.82 Å². The summed E-state index contributed by atoms with van der Waals surface area (Å²) in [5.41, 5.74) is 1.79. The zero-order chi connectivity index (χ0) is 19.6. The minimum Gasteiger partial charge on any atom is -0.502 e. The Balaban J connectivity index is 2.12. The first-order chi connectivity index (χ1) is 12.9. The van der Waals surface area contributed by atoms with Gasteiger partial charge >= 0.3 is 0 Å². The van der Waals surface area contributed by atoms with Crippen LogP contribution >= 0.6 is 0 Å². The van der Waals surface area contributed by atoms with Crippen LogP contribution in [0.15, 0.2) is 41.2 Å². The van der Waals surface area contributed by atoms with Crippen LogP contribution in [0.3, 0.4) is 0 Å². The van der Waals surface area contributed by atoms with Crippen molar-refractivity contribution in [1.82, 2.24) is 9.55 Å². The minimum atomic E-state index is -0.555. The lowest BCUT2D eigenvalue weighted by molar-refractivity contribution is 0.102. The van der Waals surface area contributed by atoms with Crippen molar-refractivity contribution in [1.29, 1.82) is 0 Å². The smallest absolute Gasteiger partial charge is 0.293 e. The maximum atomic E-state index is 12.9. The van der Waals surface area contributed by atoms with Crippen molar-refractivity contribution in [2.24, 2.45) is 0 Å². The molecule has 0 unspecified atom stereocenters. The molecule has 0 atom stereocenters. The van der Waals surface area contributed by atoms with E-state index in [1.807, 2.05) is 32.9 Å². The zero-order valence-corrected chi connectivity index (χ0v) is 15.7. The predicted octanol–water partition coefficient (Wildman–Crippen LogP) is 3.77. The quantitative estimate of drug-likeness (QED) is 0.721. The van der Waals surface area contributed by atoms with E-state index in [1.165, 1.54) is 4.57 Å². The fraction of sp³-hybridized carbons (Fsp3) is 0.286. The number of nitrogens with one attached hydrogen (secondary N) is 1. The Bertz CT molecular complexity index is 1050. The van der Waals surface area contributed by atoms with Gasteiger partial charge in [0.25, 0.3) is 11.5 Å². The first kappa shape index (κ1) is 18.6. The number of pyridine rings is 2. The van der Waals surface area contributed by atoms with Gasteiger partial charge in [-0.2, -0.15) is 0 Å². The number of aromatic hydroxyl groups is 1. The first-order valence-electron chi connectivity index (χ1n) is 9.03. The molecule has 1 amide bonds. The lowest BCUT2D eigenvalue weighted by Crippen LogP contribution is -2.25. The van der Waals surface area contributed by atoms with E-state index in [1.54, 1.807) is 24.3 Å². The van der Waals surface area contributed by atoms with Gasteiger partial charge in [0.2, 0.25) is 0 Å². The van der Waals surface area contributed by atoms with Crippen LogP contribution in [-0.4, -0.2) is 20.6 Å². The number of para-hydroxylation sites is 1. The summed E-state index contributed by atoms with van der Waals surface area (Å²) in [6, 6.07) is 10.8. The van der Waals surface area contributed by atoms with Gasteiger partial charge in [0.15, 0.2) is 5.75 Å². The number of benzene rings is 1. The molecule has 0 saturated heterocycles. The van der Waals surface area contributed by atoms with Crippen molar-refractivity contribution in [3.63, 3.8) is 0 Å². The van der Waals surface area contributed by atoms with E-state index in [0.717, 1.165) is 24.1 Å². The Morgan fingerprint density at radius 2 is 1.96 bits per heavy atom. The minimum absolute atomic E-state index is 0.0238. The number of nitrogens with zero attached hydrogens (tertiary/aromatic N) is 2. The Kier molecular flexibility index (Phi) is 5.26. The van der Waals surface area contributed by atoms with Crippen molar-refractivity contribution in [3.05, 3.63) is 63.6 Å². The van der Waals surface area contributed by atoms with Crippen molar-refractivity contribution < 1.29 is 9.90 Å². The second kappa shape index (κ2) is 7.61. The normalized spacial score (nSPS) is 10.9. The number of anilines is 1. The average molecular weight is 365 g/mol. The number of aromatic nitrogens is 2. The van der Waals surface area contributed by atoms with Gasteiger partial charge in [0.05, 0.1) is 11.1 Å². The van der Waals surface area contributed by atoms with E-state index in [9.17, 15) is 14.7 Å². The van der Waals surface area contributed by atoms with E-state index in [-0.39, 0.29) is 5.56 Å². The number of carbonyl (C=O) groups is 1. The number of fused-ring (bicyclic) bond motifs is 1. The van der Waals surface area contributed by atoms with Gasteiger partial charge in [0, 0.05) is 17.6 Å². The van der Waals surface area contributed by atoms with Crippen LogP contribution in [-0.2, 0) is 6.54 Å². The third-order valence-electron chi connectivity index (χ3n) is 4.45. The summed E-state index contributed by atoms with van der Waals surface area (Å²) in [4.78, 5) is 29.9. The molecule has 3 rings (SSSR count). The molecule has 2 aromatic heterocycles. The molecule has 0 fully saturated rings. The van der Waals surface area contributed by atoms with Crippen LogP contribution in [0.25, 0.3) is 10.9 Å². The Hall–Kier alpha value is -3.15. The molecule has 0 aliphatic carbocycles. The van der Waals surface area contributed by atoms with Gasteiger partial charge in [0.1, 0.15) is 5.82 Å². The van der Waals surface area contributed by atoms with Gasteiger partial charge in [-0.3, -0.25) is 9.59 Å². The summed E-state index contributed by atoms with van der Waals surface area (Å²) < 4.78 is 1.53. The molecule has 2 N–H and O–H groups in total. The van der Waals surface area contributed by atoms with Crippen LogP contribution in [0.5, 0.6) is 5.75 Å². The molecule has 0 spiro atoms. The first-order valence-corrected chi connectivity index (χ1v) is 9.03. The lowest BCUT2D eigenvalue weighted by atomic mass is 10.1. The maximum Gasteiger partial charge on any atom is 0.293 e. The summed E-state index contributed by atoms with van der Waals surface area (Å²) in [5.74, 6) is -0.705. The summed E-state index contributed by atoms with van der Waals surface area (Å²) in [7, 11) is 0. The molecule has 0 aliphatic rings. The van der Waals surface area contributed by atoms with Crippen LogP contribution in [0.2, 0.25) is 0 Å². The molecule has 0 aliphatic heterocycles. The predicted molar refractivity (Wildman–Crippen MR) is 106 cm³/mol. The molecule has 0 bridgehead atoms. The zero-order valence-electron chi connectivity index (χ0n) is 15.7. The number of aryl methyl sites for hydroxylation is 3. The van der Waals surface area contributed by atoms with Gasteiger partial charge in [-0.05, 0) is 44.0 Å². The Morgan fingerprint density at radius 1 is 1.22 bits per heavy atom. The molecule has 27 heavy (non-hydrogen) atoms. The third kappa shape index (κ3) is 3.69. The van der Waals surface area contributed by atoms with Crippen molar-refractivity contribution in [2.45, 2.75) is 40.2 Å². The van der Waals surface area contributed by atoms with E-state index in [4.69, 9.17) is 0 Å². The van der Waals surface area contributed by atoms with E-state index >= 15 is 0 Å². The molecular formula is C21H23N3O3. The standard InChI is InChI=1S/C21H23N3O3/c1-4-5-10-24-16-9-7-6-8-15(16)18(19(25)21(24)27)20(26)23-17-12-13(2)11-14(3)22-17/h6-9,11-12,25H,4-5,10H2,1-3H3,(H,22,23,26). The molecule has 0 saturated carbocycles. The van der Waals surface area contributed by atoms with E-state index in [0.29, 0.717) is 23.3 Å². The number of hydrogen-bond donors (Lipinski definition) is 2. The molecular weight excluding hydrogens is 342 g/mol. The second-order valence-electron chi connectivity index (χ2n) is 6.68. The lowest BCUT2D eigenvalue weighted by Gasteiger charge is -2.15. The average Bonchev–Trinajstić information content (AvgIpc) is 2.61. The molecule has 6 heteroatoms. The number of carbonyl (C=O) groups excluding carboxylic acids is 1. The van der Waals surface area contributed by atoms with Crippen LogP contribution in [0, 0.1) is 13.8 Å². The SMILES string of the molecule is CCCCn1c(=O)c(O)c(C(=O)Nc2cc(C)cc(C)n2)c2ccccc21. The van der Waals surface area contributed by atoms with Crippen LogP contribution in [0.1, 0.15) is 41.4 Å². The summed E-state index contributed by atoms with van der Waals surface area (Å²) in [5, 5.41) is 13.8. The molecule has 2 heterocycles. The monoisotopic (exact) mass is 365 g/mol. The van der Waals surface area contributed by atoms with Crippen molar-refractivity contribution >= 4 is 22.6 Å². The van der Waals surface area contributed by atoms with Crippen molar-refractivity contribution in [3.8, 4) is 5.75 Å². The number of amides is 1. The van der Waals surface area contributed by atoms with E-state index in [2.05, 4.69) is 10.3 Å². The third-order valence-corrected chi connectivity index (χ3v) is 4.45. The Morgan fingerprint density at radius 3 is 2.67 bits per heavy atom. The van der Waals surface area contributed by atoms with Gasteiger partial charge in [-0.15, -0.1) is 0 Å². The second-order valence-corrected chi connectivity index (χ2v) is 6.68. The highest BCUT2D eigenvalue weighted by Gasteiger charge is 2.22. The fourth-order valence-electron chi connectivity index (χ4n) is 3.24.